The molecule has 10 nitrogen and oxygen atoms in total. The quantitative estimate of drug-likeness (QED) is 0.0692. The van der Waals surface area contributed by atoms with Gasteiger partial charge in [0.05, 0.1) is 17.7 Å². The summed E-state index contributed by atoms with van der Waals surface area (Å²) in [7, 11) is 0. The summed E-state index contributed by atoms with van der Waals surface area (Å²) in [6.45, 7) is 14.5. The van der Waals surface area contributed by atoms with Crippen molar-refractivity contribution < 1.29 is 48.0 Å². The van der Waals surface area contributed by atoms with E-state index >= 15 is 0 Å². The van der Waals surface area contributed by atoms with Crippen LogP contribution in [-0.4, -0.2) is 61.7 Å². The summed E-state index contributed by atoms with van der Waals surface area (Å²) in [6, 6.07) is 10.7. The van der Waals surface area contributed by atoms with Crippen molar-refractivity contribution in [1.29, 1.82) is 0 Å². The van der Waals surface area contributed by atoms with E-state index in [0.717, 1.165) is 0 Å². The van der Waals surface area contributed by atoms with Gasteiger partial charge in [-0.1, -0.05) is 37.9 Å². The Morgan fingerprint density at radius 3 is 1.93 bits per heavy atom. The summed E-state index contributed by atoms with van der Waals surface area (Å²) in [5.74, 6) is -2.42. The van der Waals surface area contributed by atoms with E-state index in [2.05, 4.69) is 19.7 Å². The van der Waals surface area contributed by atoms with E-state index in [9.17, 15) is 24.3 Å². The predicted octanol–water partition coefficient (Wildman–Crippen LogP) is 4.18. The van der Waals surface area contributed by atoms with Crippen LogP contribution in [0.4, 0.5) is 0 Å². The monoisotopic (exact) mass is 552 g/mol. The summed E-state index contributed by atoms with van der Waals surface area (Å²) in [5.41, 5.74) is 1.95. The average molecular weight is 553 g/mol. The second-order valence-electron chi connectivity index (χ2n) is 8.71. The zero-order valence-electron chi connectivity index (χ0n) is 22.7. The molecule has 10 heteroatoms. The van der Waals surface area contributed by atoms with Crippen molar-refractivity contribution in [2.45, 2.75) is 27.1 Å². The fourth-order valence-electron chi connectivity index (χ4n) is 2.98. The molecule has 0 saturated heterocycles. The van der Waals surface area contributed by atoms with E-state index in [1.807, 2.05) is 0 Å². The number of aliphatic hydroxyl groups excluding tert-OH is 1. The normalized spacial score (nSPS) is 11.1. The number of esters is 4. The largest absolute Gasteiger partial charge is 0.460 e. The molecule has 0 radical (unpaired) electrons. The molecule has 0 amide bonds. The summed E-state index contributed by atoms with van der Waals surface area (Å²) < 4.78 is 25.7. The third-order valence-electron chi connectivity index (χ3n) is 5.11. The SMILES string of the molecule is C=C(C)C(=O)OCCOC(=O)c1cc(C(=O)OCCOC(O)C(=C)C)ccc1-c1ccc(OC(=O)C(=C)C)cc1. The number of benzene rings is 2. The van der Waals surface area contributed by atoms with Gasteiger partial charge in [0.15, 0.2) is 6.29 Å². The molecule has 1 N–H and O–H groups in total. The first-order valence-corrected chi connectivity index (χ1v) is 12.1. The Hall–Kier alpha value is -4.54. The van der Waals surface area contributed by atoms with Crippen molar-refractivity contribution in [1.82, 2.24) is 0 Å². The molecule has 0 fully saturated rings. The Morgan fingerprint density at radius 1 is 0.750 bits per heavy atom. The lowest BCUT2D eigenvalue weighted by molar-refractivity contribution is -0.140. The van der Waals surface area contributed by atoms with Gasteiger partial charge in [0.25, 0.3) is 0 Å². The minimum Gasteiger partial charge on any atom is -0.460 e. The maximum Gasteiger partial charge on any atom is 0.338 e. The topological polar surface area (TPSA) is 135 Å². The summed E-state index contributed by atoms with van der Waals surface area (Å²) in [6.07, 6.45) is -1.18. The Balaban J connectivity index is 2.23. The molecule has 1 unspecified atom stereocenters. The van der Waals surface area contributed by atoms with Gasteiger partial charge >= 0.3 is 23.9 Å². The number of rotatable bonds is 14. The predicted molar refractivity (Wildman–Crippen MR) is 145 cm³/mol. The van der Waals surface area contributed by atoms with E-state index < -0.39 is 30.2 Å². The van der Waals surface area contributed by atoms with Crippen molar-refractivity contribution in [2.24, 2.45) is 0 Å². The molecule has 0 aliphatic heterocycles. The molecule has 40 heavy (non-hydrogen) atoms. The maximum absolute atomic E-state index is 13.0. The molecule has 2 rings (SSSR count). The lowest BCUT2D eigenvalue weighted by atomic mass is 9.97. The number of ether oxygens (including phenoxy) is 5. The Kier molecular flexibility index (Phi) is 12.0. The van der Waals surface area contributed by atoms with Crippen molar-refractivity contribution in [2.75, 3.05) is 26.4 Å². The molecule has 2 aromatic rings. The highest BCUT2D eigenvalue weighted by molar-refractivity contribution is 6.01. The number of carbonyl (C=O) groups is 4. The summed E-state index contributed by atoms with van der Waals surface area (Å²) >= 11 is 0. The van der Waals surface area contributed by atoms with E-state index in [1.165, 1.54) is 26.0 Å². The van der Waals surface area contributed by atoms with Gasteiger partial charge < -0.3 is 28.8 Å². The molecular formula is C30H32O10. The van der Waals surface area contributed by atoms with Gasteiger partial charge in [-0.3, -0.25) is 0 Å². The van der Waals surface area contributed by atoms with Crippen molar-refractivity contribution in [3.05, 3.63) is 90.0 Å². The van der Waals surface area contributed by atoms with Crippen LogP contribution in [0.5, 0.6) is 5.75 Å². The number of aliphatic hydroxyl groups is 1. The lowest BCUT2D eigenvalue weighted by Gasteiger charge is -2.14. The van der Waals surface area contributed by atoms with E-state index in [-0.39, 0.29) is 54.5 Å². The number of hydrogen-bond donors (Lipinski definition) is 1. The number of carbonyl (C=O) groups excluding carboxylic acids is 4. The first-order chi connectivity index (χ1) is 18.9. The minimum atomic E-state index is -1.18. The molecule has 0 bridgehead atoms. The highest BCUT2D eigenvalue weighted by atomic mass is 16.6. The zero-order valence-corrected chi connectivity index (χ0v) is 22.7. The molecule has 212 valence electrons. The standard InChI is InChI=1S/C30H32O10/c1-18(2)26(31)36-13-15-38-29(34)22-9-12-24(21-7-10-23(11-8-21)40-28(33)20(5)6)25(17-22)30(35)39-16-14-37-27(32)19(3)4/h7-12,17,26,31H,1,3,5,13-16H2,2,4,6H3. The third kappa shape index (κ3) is 9.64. The number of hydrogen-bond acceptors (Lipinski definition) is 10. The van der Waals surface area contributed by atoms with Crippen LogP contribution in [0.1, 0.15) is 41.5 Å². The highest BCUT2D eigenvalue weighted by Gasteiger charge is 2.19. The maximum atomic E-state index is 13.0. The van der Waals surface area contributed by atoms with Crippen molar-refractivity contribution in [3.63, 3.8) is 0 Å². The Morgan fingerprint density at radius 2 is 1.32 bits per heavy atom. The molecule has 1 atom stereocenters. The van der Waals surface area contributed by atoms with Gasteiger partial charge in [-0.05, 0) is 61.7 Å². The smallest absolute Gasteiger partial charge is 0.338 e. The fourth-order valence-corrected chi connectivity index (χ4v) is 2.98. The van der Waals surface area contributed by atoms with Gasteiger partial charge in [-0.2, -0.15) is 0 Å². The van der Waals surface area contributed by atoms with Crippen LogP contribution in [0.3, 0.4) is 0 Å². The van der Waals surface area contributed by atoms with Crippen LogP contribution in [0, 0.1) is 0 Å². The molecule has 2 aromatic carbocycles. The minimum absolute atomic E-state index is 0.0429. The average Bonchev–Trinajstić information content (AvgIpc) is 2.92. The van der Waals surface area contributed by atoms with Crippen LogP contribution in [0.2, 0.25) is 0 Å². The van der Waals surface area contributed by atoms with E-state index in [4.69, 9.17) is 23.7 Å². The van der Waals surface area contributed by atoms with Gasteiger partial charge in [-0.25, -0.2) is 19.2 Å². The van der Waals surface area contributed by atoms with Gasteiger partial charge in [0, 0.05) is 11.1 Å². The molecule has 0 aliphatic carbocycles. The van der Waals surface area contributed by atoms with E-state index in [1.54, 1.807) is 37.3 Å². The van der Waals surface area contributed by atoms with Gasteiger partial charge in [-0.15, -0.1) is 0 Å². The van der Waals surface area contributed by atoms with Crippen molar-refractivity contribution in [3.8, 4) is 16.9 Å². The first-order valence-electron chi connectivity index (χ1n) is 12.1. The summed E-state index contributed by atoms with van der Waals surface area (Å²) in [5, 5.41) is 9.60. The van der Waals surface area contributed by atoms with E-state index in [0.29, 0.717) is 16.7 Å². The Bertz CT molecular complexity index is 1290. The van der Waals surface area contributed by atoms with Crippen molar-refractivity contribution >= 4 is 23.9 Å². The molecule has 0 spiro atoms. The fraction of sp³-hybridized carbons (Fsp3) is 0.267. The summed E-state index contributed by atoms with van der Waals surface area (Å²) in [4.78, 5) is 49.0. The second kappa shape index (κ2) is 15.2. The molecule has 0 aromatic heterocycles. The van der Waals surface area contributed by atoms with Gasteiger partial charge in [0.2, 0.25) is 0 Å². The van der Waals surface area contributed by atoms with Crippen LogP contribution in [0.25, 0.3) is 11.1 Å². The van der Waals surface area contributed by atoms with Crippen LogP contribution >= 0.6 is 0 Å². The molecule has 0 saturated carbocycles. The van der Waals surface area contributed by atoms with Gasteiger partial charge in [0.1, 0.15) is 25.6 Å². The van der Waals surface area contributed by atoms with Crippen LogP contribution in [-0.2, 0) is 28.5 Å². The first kappa shape index (κ1) is 31.7. The van der Waals surface area contributed by atoms with Crippen LogP contribution < -0.4 is 4.74 Å². The molecule has 0 heterocycles. The molecular weight excluding hydrogens is 520 g/mol. The zero-order chi connectivity index (χ0) is 29.8. The Labute approximate surface area is 232 Å². The lowest BCUT2D eigenvalue weighted by Crippen LogP contribution is -2.18. The van der Waals surface area contributed by atoms with Crippen LogP contribution in [0.15, 0.2) is 78.9 Å². The second-order valence-corrected chi connectivity index (χ2v) is 8.71. The molecule has 0 aliphatic rings. The highest BCUT2D eigenvalue weighted by Crippen LogP contribution is 2.28. The third-order valence-corrected chi connectivity index (χ3v) is 5.11.